The van der Waals surface area contributed by atoms with Crippen molar-refractivity contribution in [1.29, 1.82) is 0 Å². The monoisotopic (exact) mass is 559 g/mol. The summed E-state index contributed by atoms with van der Waals surface area (Å²) in [4.78, 5) is 17.0. The molecule has 0 spiro atoms. The number of anilines is 2. The first-order chi connectivity index (χ1) is 18.2. The fourth-order valence-electron chi connectivity index (χ4n) is 4.34. The predicted octanol–water partition coefficient (Wildman–Crippen LogP) is 5.82. The average Bonchev–Trinajstić information content (AvgIpc) is 2.92. The maximum absolute atomic E-state index is 13.4. The van der Waals surface area contributed by atoms with Gasteiger partial charge in [0.15, 0.2) is 0 Å². The highest BCUT2D eigenvalue weighted by atomic mass is 32.2. The zero-order chi connectivity index (χ0) is 27.5. The van der Waals surface area contributed by atoms with E-state index in [2.05, 4.69) is 42.1 Å². The van der Waals surface area contributed by atoms with Gasteiger partial charge in [0, 0.05) is 53.2 Å². The molecule has 1 aliphatic heterocycles. The van der Waals surface area contributed by atoms with Crippen molar-refractivity contribution in [1.82, 2.24) is 4.90 Å². The largest absolute Gasteiger partial charge is 0.379 e. The van der Waals surface area contributed by atoms with E-state index in [1.165, 1.54) is 30.6 Å². The highest BCUT2D eigenvalue weighted by molar-refractivity contribution is 8.00. The standard InChI is InChI=1S/C30H45N3O3S2/c1-6-24(2)9-7-8-22-37-27-13-11-26(12-14-27)31-30(34)28-23-25(16-17-33-18-20-36-21-19-33)10-15-29(28)32(3)38(4,5)35/h10-15,23-24H,4,6-9,16-22H2,1-3,5H3,(H,31,34)/t24-,38?/m1/s1. The Kier molecular flexibility index (Phi) is 12.0. The molecule has 0 bridgehead atoms. The lowest BCUT2D eigenvalue weighted by atomic mass is 10.0. The molecule has 8 heteroatoms. The number of unbranched alkanes of at least 4 members (excludes halogenated alkanes) is 1. The number of hydrogen-bond donors (Lipinski definition) is 1. The van der Waals surface area contributed by atoms with Crippen LogP contribution in [0.15, 0.2) is 47.4 Å². The summed E-state index contributed by atoms with van der Waals surface area (Å²) in [6.45, 7) is 8.88. The second kappa shape index (κ2) is 15.0. The third-order valence-corrected chi connectivity index (χ3v) is 9.67. The lowest BCUT2D eigenvalue weighted by Gasteiger charge is -2.27. The van der Waals surface area contributed by atoms with Gasteiger partial charge in [0.05, 0.1) is 24.5 Å². The molecular formula is C30H45N3O3S2. The quantitative estimate of drug-likeness (QED) is 0.180. The minimum Gasteiger partial charge on any atom is -0.379 e. The van der Waals surface area contributed by atoms with Gasteiger partial charge in [-0.15, -0.1) is 11.8 Å². The van der Waals surface area contributed by atoms with Gasteiger partial charge < -0.3 is 14.4 Å². The van der Waals surface area contributed by atoms with Crippen molar-refractivity contribution in [3.8, 4) is 0 Å². The van der Waals surface area contributed by atoms with Crippen molar-refractivity contribution < 1.29 is 13.7 Å². The van der Waals surface area contributed by atoms with Crippen molar-refractivity contribution in [2.75, 3.05) is 61.5 Å². The van der Waals surface area contributed by atoms with Gasteiger partial charge >= 0.3 is 0 Å². The normalized spacial score (nSPS) is 16.5. The van der Waals surface area contributed by atoms with Gasteiger partial charge in [0.2, 0.25) is 0 Å². The van der Waals surface area contributed by atoms with Crippen molar-refractivity contribution in [3.63, 3.8) is 0 Å². The van der Waals surface area contributed by atoms with Crippen LogP contribution in [0.5, 0.6) is 0 Å². The number of nitrogens with zero attached hydrogens (tertiary/aromatic N) is 2. The Morgan fingerprint density at radius 3 is 2.55 bits per heavy atom. The van der Waals surface area contributed by atoms with Crippen LogP contribution < -0.4 is 9.62 Å². The molecule has 1 aliphatic rings. The zero-order valence-electron chi connectivity index (χ0n) is 23.5. The molecule has 38 heavy (non-hydrogen) atoms. The van der Waals surface area contributed by atoms with Gasteiger partial charge in [0.1, 0.15) is 0 Å². The number of amides is 1. The number of hydrogen-bond acceptors (Lipinski definition) is 5. The zero-order valence-corrected chi connectivity index (χ0v) is 25.2. The maximum Gasteiger partial charge on any atom is 0.257 e. The van der Waals surface area contributed by atoms with E-state index >= 15 is 0 Å². The molecule has 1 fully saturated rings. The minimum absolute atomic E-state index is 0.214. The van der Waals surface area contributed by atoms with Gasteiger partial charge in [-0.05, 0) is 72.3 Å². The van der Waals surface area contributed by atoms with Crippen LogP contribution in [0.25, 0.3) is 0 Å². The number of benzene rings is 2. The van der Waals surface area contributed by atoms with Gasteiger partial charge in [-0.2, -0.15) is 0 Å². The van der Waals surface area contributed by atoms with E-state index in [4.69, 9.17) is 4.74 Å². The Labute approximate surface area is 234 Å². The molecule has 210 valence electrons. The fourth-order valence-corrected chi connectivity index (χ4v) is 5.83. The SMILES string of the molecule is C=S(C)(=O)N(C)c1ccc(CCN2CCOCC2)cc1C(=O)Nc1ccc(SCCCC[C@H](C)CC)cc1. The number of carbonyl (C=O) groups excluding carboxylic acids is 1. The molecule has 1 saturated heterocycles. The Hall–Kier alpha value is -2.00. The summed E-state index contributed by atoms with van der Waals surface area (Å²) in [7, 11) is -0.798. The van der Waals surface area contributed by atoms with Crippen molar-refractivity contribution >= 4 is 44.6 Å². The number of nitrogens with one attached hydrogen (secondary N) is 1. The Morgan fingerprint density at radius 1 is 1.18 bits per heavy atom. The first-order valence-electron chi connectivity index (χ1n) is 13.7. The highest BCUT2D eigenvalue weighted by Gasteiger charge is 2.19. The Balaban J connectivity index is 1.65. The molecule has 0 saturated carbocycles. The molecule has 3 rings (SSSR count). The van der Waals surface area contributed by atoms with Crippen LogP contribution in [0, 0.1) is 5.92 Å². The summed E-state index contributed by atoms with van der Waals surface area (Å²) in [5, 5.41) is 3.05. The second-order valence-corrected chi connectivity index (χ2v) is 14.0. The fraction of sp³-hybridized carbons (Fsp3) is 0.533. The number of rotatable bonds is 14. The number of carbonyl (C=O) groups is 1. The van der Waals surface area contributed by atoms with Crippen molar-refractivity contribution in [2.45, 2.75) is 50.8 Å². The molecule has 0 radical (unpaired) electrons. The summed E-state index contributed by atoms with van der Waals surface area (Å²) in [5.74, 6) is 5.52. The van der Waals surface area contributed by atoms with Gasteiger partial charge in [0.25, 0.3) is 5.91 Å². The van der Waals surface area contributed by atoms with E-state index in [1.807, 2.05) is 42.1 Å². The van der Waals surface area contributed by atoms with Gasteiger partial charge in [-0.25, -0.2) is 4.21 Å². The van der Waals surface area contributed by atoms with Crippen molar-refractivity contribution in [3.05, 3.63) is 53.6 Å². The molecule has 1 N–H and O–H groups in total. The van der Waals surface area contributed by atoms with Gasteiger partial charge in [-0.3, -0.25) is 9.69 Å². The Bertz CT molecular complexity index is 1130. The number of morpholine rings is 1. The third-order valence-electron chi connectivity index (χ3n) is 7.21. The highest BCUT2D eigenvalue weighted by Crippen LogP contribution is 2.26. The van der Waals surface area contributed by atoms with E-state index in [-0.39, 0.29) is 5.91 Å². The third kappa shape index (κ3) is 9.63. The van der Waals surface area contributed by atoms with Crippen molar-refractivity contribution in [2.24, 2.45) is 5.92 Å². The minimum atomic E-state index is -2.52. The molecule has 2 aromatic carbocycles. The van der Waals surface area contributed by atoms with Crippen LogP contribution >= 0.6 is 11.8 Å². The number of ether oxygens (including phenoxy) is 1. The molecule has 1 unspecified atom stereocenters. The molecule has 2 aromatic rings. The number of thioether (sulfide) groups is 1. The molecule has 6 nitrogen and oxygen atoms in total. The molecule has 0 aromatic heterocycles. The Morgan fingerprint density at radius 2 is 1.89 bits per heavy atom. The first-order valence-corrected chi connectivity index (χ1v) is 16.8. The van der Waals surface area contributed by atoms with E-state index in [0.717, 1.165) is 62.2 Å². The summed E-state index contributed by atoms with van der Waals surface area (Å²) in [5.41, 5.74) is 2.94. The van der Waals surface area contributed by atoms with Crippen LogP contribution in [0.4, 0.5) is 11.4 Å². The van der Waals surface area contributed by atoms with Crippen LogP contribution in [-0.4, -0.2) is 72.8 Å². The smallest absolute Gasteiger partial charge is 0.257 e. The molecule has 0 aliphatic carbocycles. The molecule has 1 heterocycles. The lowest BCUT2D eigenvalue weighted by Crippen LogP contribution is -2.37. The molecular weight excluding hydrogens is 514 g/mol. The van der Waals surface area contributed by atoms with E-state index in [0.29, 0.717) is 11.3 Å². The van der Waals surface area contributed by atoms with E-state index < -0.39 is 9.71 Å². The van der Waals surface area contributed by atoms with Crippen LogP contribution in [0.1, 0.15) is 55.5 Å². The summed E-state index contributed by atoms with van der Waals surface area (Å²) in [6, 6.07) is 13.9. The van der Waals surface area contributed by atoms with E-state index in [9.17, 15) is 9.00 Å². The van der Waals surface area contributed by atoms with Crippen LogP contribution in [0.3, 0.4) is 0 Å². The van der Waals surface area contributed by atoms with Gasteiger partial charge in [-0.1, -0.05) is 39.2 Å². The first kappa shape index (κ1) is 30.5. The second-order valence-electron chi connectivity index (χ2n) is 10.3. The lowest BCUT2D eigenvalue weighted by molar-refractivity contribution is 0.0384. The topological polar surface area (TPSA) is 61.9 Å². The molecule has 2 atom stereocenters. The summed E-state index contributed by atoms with van der Waals surface area (Å²) >= 11 is 1.86. The molecule has 1 amide bonds. The van der Waals surface area contributed by atoms with Crippen LogP contribution in [0.2, 0.25) is 0 Å². The summed E-state index contributed by atoms with van der Waals surface area (Å²) in [6.07, 6.45) is 7.47. The predicted molar refractivity (Wildman–Crippen MR) is 165 cm³/mol. The summed E-state index contributed by atoms with van der Waals surface area (Å²) < 4.78 is 19.8. The van der Waals surface area contributed by atoms with Crippen LogP contribution in [-0.2, 0) is 20.9 Å². The van der Waals surface area contributed by atoms with E-state index in [1.54, 1.807) is 17.6 Å². The average molecular weight is 560 g/mol. The maximum atomic E-state index is 13.4.